The number of halogens is 3. The largest absolute Gasteiger partial charge is 0.418 e. The molecule has 1 aliphatic heterocycles. The zero-order chi connectivity index (χ0) is 21.5. The number of fused-ring (bicyclic) bond motifs is 1. The van der Waals surface area contributed by atoms with Crippen molar-refractivity contribution in [3.8, 4) is 0 Å². The van der Waals surface area contributed by atoms with Crippen molar-refractivity contribution in [3.63, 3.8) is 0 Å². The summed E-state index contributed by atoms with van der Waals surface area (Å²) in [4.78, 5) is 20.9. The number of nitrogens with one attached hydrogen (secondary N) is 1. The number of hydrogen-bond donors (Lipinski definition) is 1. The molecule has 0 atom stereocenters. The highest BCUT2D eigenvalue weighted by molar-refractivity contribution is 6.04. The molecule has 0 spiro atoms. The number of amides is 1. The van der Waals surface area contributed by atoms with E-state index in [0.717, 1.165) is 24.7 Å². The van der Waals surface area contributed by atoms with Crippen LogP contribution in [0.5, 0.6) is 0 Å². The van der Waals surface area contributed by atoms with E-state index < -0.39 is 17.6 Å². The SMILES string of the molecule is Cc1ncc2ccc(C(=O)Nc3ccc(N4CCN(C)CC4)cc3C(F)(F)F)cn12. The molecule has 4 rings (SSSR count). The fraction of sp³-hybridized carbons (Fsp3) is 0.333. The van der Waals surface area contributed by atoms with E-state index >= 15 is 0 Å². The molecule has 1 aromatic carbocycles. The Morgan fingerprint density at radius 2 is 1.83 bits per heavy atom. The average molecular weight is 417 g/mol. The van der Waals surface area contributed by atoms with Crippen molar-refractivity contribution in [2.45, 2.75) is 13.1 Å². The van der Waals surface area contributed by atoms with Gasteiger partial charge in [-0.05, 0) is 44.3 Å². The molecular weight excluding hydrogens is 395 g/mol. The first-order valence-electron chi connectivity index (χ1n) is 9.62. The smallest absolute Gasteiger partial charge is 0.369 e. The number of aromatic nitrogens is 2. The lowest BCUT2D eigenvalue weighted by Gasteiger charge is -2.34. The topological polar surface area (TPSA) is 52.9 Å². The maximum absolute atomic E-state index is 13.7. The predicted octanol–water partition coefficient (Wildman–Crippen LogP) is 3.67. The number of anilines is 2. The van der Waals surface area contributed by atoms with Crippen molar-refractivity contribution in [2.75, 3.05) is 43.4 Å². The average Bonchev–Trinajstić information content (AvgIpc) is 3.08. The van der Waals surface area contributed by atoms with E-state index in [0.29, 0.717) is 24.6 Å². The molecule has 2 aromatic heterocycles. The maximum Gasteiger partial charge on any atom is 0.418 e. The normalized spacial score (nSPS) is 15.6. The summed E-state index contributed by atoms with van der Waals surface area (Å²) in [7, 11) is 1.99. The van der Waals surface area contributed by atoms with Crippen molar-refractivity contribution in [1.29, 1.82) is 0 Å². The summed E-state index contributed by atoms with van der Waals surface area (Å²) in [5, 5.41) is 2.43. The Balaban J connectivity index is 1.62. The molecule has 0 unspecified atom stereocenters. The highest BCUT2D eigenvalue weighted by Gasteiger charge is 2.35. The monoisotopic (exact) mass is 417 g/mol. The zero-order valence-corrected chi connectivity index (χ0v) is 16.7. The summed E-state index contributed by atoms with van der Waals surface area (Å²) >= 11 is 0. The van der Waals surface area contributed by atoms with Crippen LogP contribution in [-0.4, -0.2) is 53.4 Å². The number of carbonyl (C=O) groups excluding carboxylic acids is 1. The highest BCUT2D eigenvalue weighted by atomic mass is 19.4. The number of aryl methyl sites for hydroxylation is 1. The van der Waals surface area contributed by atoms with E-state index in [2.05, 4.69) is 15.2 Å². The number of imidazole rings is 1. The van der Waals surface area contributed by atoms with E-state index in [1.165, 1.54) is 6.07 Å². The van der Waals surface area contributed by atoms with Gasteiger partial charge in [0.2, 0.25) is 0 Å². The quantitative estimate of drug-likeness (QED) is 0.707. The fourth-order valence-electron chi connectivity index (χ4n) is 3.59. The second kappa shape index (κ2) is 7.64. The van der Waals surface area contributed by atoms with Crippen molar-refractivity contribution < 1.29 is 18.0 Å². The lowest BCUT2D eigenvalue weighted by Crippen LogP contribution is -2.44. The van der Waals surface area contributed by atoms with Gasteiger partial charge in [0.05, 0.1) is 28.5 Å². The van der Waals surface area contributed by atoms with Gasteiger partial charge in [-0.15, -0.1) is 0 Å². The Morgan fingerprint density at radius 1 is 1.10 bits per heavy atom. The molecule has 158 valence electrons. The van der Waals surface area contributed by atoms with Gasteiger partial charge in [-0.2, -0.15) is 13.2 Å². The van der Waals surface area contributed by atoms with Crippen LogP contribution in [0.3, 0.4) is 0 Å². The molecule has 0 aliphatic carbocycles. The number of piperazine rings is 1. The number of pyridine rings is 1. The van der Waals surface area contributed by atoms with Gasteiger partial charge in [0, 0.05) is 38.1 Å². The number of nitrogens with zero attached hydrogens (tertiary/aromatic N) is 4. The minimum Gasteiger partial charge on any atom is -0.369 e. The number of alkyl halides is 3. The first-order valence-corrected chi connectivity index (χ1v) is 9.62. The van der Waals surface area contributed by atoms with E-state index in [-0.39, 0.29) is 11.3 Å². The van der Waals surface area contributed by atoms with Gasteiger partial charge >= 0.3 is 6.18 Å². The second-order valence-electron chi connectivity index (χ2n) is 7.49. The maximum atomic E-state index is 13.7. The first kappa shape index (κ1) is 20.2. The predicted molar refractivity (Wildman–Crippen MR) is 109 cm³/mol. The standard InChI is InChI=1S/C21H22F3N5O/c1-14-25-12-17-4-3-15(13-29(14)17)20(30)26-19-6-5-16(11-18(19)21(22,23)24)28-9-7-27(2)8-10-28/h3-6,11-13H,7-10H2,1-2H3,(H,26,30). The number of rotatable bonds is 3. The van der Waals surface area contributed by atoms with Gasteiger partial charge in [0.1, 0.15) is 5.82 Å². The summed E-state index contributed by atoms with van der Waals surface area (Å²) in [5.41, 5.74) is 0.445. The molecular formula is C21H22F3N5O. The van der Waals surface area contributed by atoms with Gasteiger partial charge in [0.25, 0.3) is 5.91 Å². The highest BCUT2D eigenvalue weighted by Crippen LogP contribution is 2.37. The summed E-state index contributed by atoms with van der Waals surface area (Å²) in [5.74, 6) is 0.0787. The van der Waals surface area contributed by atoms with Crippen LogP contribution in [0, 0.1) is 6.92 Å². The van der Waals surface area contributed by atoms with Crippen LogP contribution in [0.2, 0.25) is 0 Å². The molecule has 1 N–H and O–H groups in total. The Labute approximate surface area is 171 Å². The second-order valence-corrected chi connectivity index (χ2v) is 7.49. The molecule has 9 heteroatoms. The molecule has 1 fully saturated rings. The van der Waals surface area contributed by atoms with Crippen molar-refractivity contribution in [1.82, 2.24) is 14.3 Å². The minimum atomic E-state index is -4.59. The molecule has 3 heterocycles. The van der Waals surface area contributed by atoms with Crippen LogP contribution >= 0.6 is 0 Å². The van der Waals surface area contributed by atoms with Crippen LogP contribution in [0.15, 0.2) is 42.7 Å². The van der Waals surface area contributed by atoms with Crippen LogP contribution in [-0.2, 0) is 6.18 Å². The van der Waals surface area contributed by atoms with Crippen LogP contribution in [0.1, 0.15) is 21.7 Å². The molecule has 30 heavy (non-hydrogen) atoms. The van der Waals surface area contributed by atoms with Crippen LogP contribution in [0.25, 0.3) is 5.52 Å². The molecule has 1 aliphatic rings. The summed E-state index contributed by atoms with van der Waals surface area (Å²) < 4.78 is 42.9. The lowest BCUT2D eigenvalue weighted by molar-refractivity contribution is -0.136. The van der Waals surface area contributed by atoms with Crippen molar-refractivity contribution in [3.05, 3.63) is 59.7 Å². The Kier molecular flexibility index (Phi) is 5.15. The number of benzene rings is 1. The molecule has 1 saturated heterocycles. The summed E-state index contributed by atoms with van der Waals surface area (Å²) in [6.45, 7) is 4.67. The van der Waals surface area contributed by atoms with Gasteiger partial charge in [-0.25, -0.2) is 4.98 Å². The van der Waals surface area contributed by atoms with Crippen molar-refractivity contribution in [2.24, 2.45) is 0 Å². The van der Waals surface area contributed by atoms with E-state index in [4.69, 9.17) is 0 Å². The molecule has 1 amide bonds. The van der Waals surface area contributed by atoms with Crippen LogP contribution in [0.4, 0.5) is 24.5 Å². The number of hydrogen-bond acceptors (Lipinski definition) is 4. The van der Waals surface area contributed by atoms with Gasteiger partial charge in [-0.1, -0.05) is 0 Å². The third-order valence-electron chi connectivity index (χ3n) is 5.40. The van der Waals surface area contributed by atoms with Gasteiger partial charge in [-0.3, -0.25) is 4.79 Å². The number of likely N-dealkylation sites (N-methyl/N-ethyl adjacent to an activating group) is 1. The minimum absolute atomic E-state index is 0.250. The zero-order valence-electron chi connectivity index (χ0n) is 16.7. The Morgan fingerprint density at radius 3 is 2.53 bits per heavy atom. The molecule has 3 aromatic rings. The lowest BCUT2D eigenvalue weighted by atomic mass is 10.1. The Bertz CT molecular complexity index is 1080. The van der Waals surface area contributed by atoms with E-state index in [9.17, 15) is 18.0 Å². The third kappa shape index (κ3) is 3.97. The van der Waals surface area contributed by atoms with Crippen LogP contribution < -0.4 is 10.2 Å². The summed E-state index contributed by atoms with van der Waals surface area (Å²) in [6.07, 6.45) is -1.36. The third-order valence-corrected chi connectivity index (χ3v) is 5.40. The van der Waals surface area contributed by atoms with E-state index in [1.54, 1.807) is 41.9 Å². The van der Waals surface area contributed by atoms with E-state index in [1.807, 2.05) is 11.9 Å². The molecule has 0 saturated carbocycles. The Hall–Kier alpha value is -3.07. The van der Waals surface area contributed by atoms with Gasteiger partial charge in [0.15, 0.2) is 0 Å². The number of carbonyl (C=O) groups is 1. The molecule has 0 bridgehead atoms. The fourth-order valence-corrected chi connectivity index (χ4v) is 3.59. The summed E-state index contributed by atoms with van der Waals surface area (Å²) in [6, 6.07) is 7.34. The van der Waals surface area contributed by atoms with Crippen molar-refractivity contribution >= 4 is 22.8 Å². The molecule has 0 radical (unpaired) electrons. The van der Waals surface area contributed by atoms with Gasteiger partial charge < -0.3 is 19.5 Å². The molecule has 6 nitrogen and oxygen atoms in total. The first-order chi connectivity index (χ1) is 14.2.